The van der Waals surface area contributed by atoms with Crippen molar-refractivity contribution in [2.45, 2.75) is 58.5 Å². The molecule has 5 heteroatoms. The third-order valence-electron chi connectivity index (χ3n) is 3.72. The molecule has 0 unspecified atom stereocenters. The van der Waals surface area contributed by atoms with Crippen LogP contribution in [0.5, 0.6) is 5.75 Å². The Bertz CT molecular complexity index is 536. The van der Waals surface area contributed by atoms with Crippen molar-refractivity contribution < 1.29 is 18.7 Å². The van der Waals surface area contributed by atoms with E-state index in [0.717, 1.165) is 16.7 Å². The topological polar surface area (TPSA) is 55.8 Å². The lowest BCUT2D eigenvalue weighted by atomic mass is 9.78. The van der Waals surface area contributed by atoms with E-state index in [1.807, 2.05) is 53.7 Å². The molecule has 0 spiro atoms. The summed E-state index contributed by atoms with van der Waals surface area (Å²) < 4.78 is 22.5. The summed E-state index contributed by atoms with van der Waals surface area (Å²) in [7, 11) is -0.366. The van der Waals surface area contributed by atoms with Gasteiger partial charge in [0.1, 0.15) is 5.75 Å². The van der Waals surface area contributed by atoms with Gasteiger partial charge in [-0.1, -0.05) is 53.7 Å². The van der Waals surface area contributed by atoms with Crippen LogP contribution < -0.4 is 0 Å². The van der Waals surface area contributed by atoms with Gasteiger partial charge in [0.15, 0.2) is 0 Å². The van der Waals surface area contributed by atoms with Crippen LogP contribution in [0.4, 0.5) is 0 Å². The fraction of sp³-hybridized carbons (Fsp3) is 0.647. The Labute approximate surface area is 134 Å². The second-order valence-electron chi connectivity index (χ2n) is 7.67. The van der Waals surface area contributed by atoms with Gasteiger partial charge in [-0.15, -0.1) is 0 Å². The number of aromatic hydroxyl groups is 1. The average molecular weight is 328 g/mol. The van der Waals surface area contributed by atoms with Gasteiger partial charge in [-0.25, -0.2) is 0 Å². The first-order chi connectivity index (χ1) is 9.84. The van der Waals surface area contributed by atoms with Crippen molar-refractivity contribution in [1.29, 1.82) is 0 Å². The summed E-state index contributed by atoms with van der Waals surface area (Å²) in [6.07, 6.45) is 0.187. The molecule has 1 N–H and O–H groups in total. The molecular weight excluding hydrogens is 299 g/mol. The number of phenolic OH excluding ortho intramolecular Hbond substituents is 1. The van der Waals surface area contributed by atoms with Crippen LogP contribution in [0.15, 0.2) is 12.1 Å². The molecule has 4 nitrogen and oxygen atoms in total. The molecule has 0 amide bonds. The molecule has 0 aliphatic carbocycles. The second kappa shape index (κ2) is 6.35. The minimum Gasteiger partial charge on any atom is -0.507 e. The van der Waals surface area contributed by atoms with Gasteiger partial charge in [0, 0.05) is 14.2 Å². The lowest BCUT2D eigenvalue weighted by Crippen LogP contribution is -2.18. The van der Waals surface area contributed by atoms with Crippen molar-refractivity contribution in [3.63, 3.8) is 0 Å². The minimum absolute atomic E-state index is 0.187. The fourth-order valence-corrected chi connectivity index (χ4v) is 3.39. The van der Waals surface area contributed by atoms with E-state index in [9.17, 15) is 9.67 Å². The zero-order valence-corrected chi connectivity index (χ0v) is 15.9. The Kier molecular flexibility index (Phi) is 5.55. The predicted molar refractivity (Wildman–Crippen MR) is 90.8 cm³/mol. The molecule has 0 saturated heterocycles. The quantitative estimate of drug-likeness (QED) is 0.793. The van der Waals surface area contributed by atoms with Crippen LogP contribution in [-0.4, -0.2) is 19.3 Å². The van der Waals surface area contributed by atoms with Crippen molar-refractivity contribution in [2.75, 3.05) is 14.2 Å². The van der Waals surface area contributed by atoms with Gasteiger partial charge in [0.05, 0.1) is 6.16 Å². The third-order valence-corrected chi connectivity index (χ3v) is 5.58. The van der Waals surface area contributed by atoms with Crippen LogP contribution in [0.1, 0.15) is 58.2 Å². The highest BCUT2D eigenvalue weighted by molar-refractivity contribution is 7.52. The maximum atomic E-state index is 12.4. The van der Waals surface area contributed by atoms with E-state index < -0.39 is 7.60 Å². The first-order valence-corrected chi connectivity index (χ1v) is 9.14. The number of phenols is 1. The van der Waals surface area contributed by atoms with E-state index in [0.29, 0.717) is 5.75 Å². The molecule has 0 bridgehead atoms. The Hall–Kier alpha value is -0.830. The van der Waals surface area contributed by atoms with Gasteiger partial charge in [-0.2, -0.15) is 0 Å². The zero-order valence-electron chi connectivity index (χ0n) is 15.0. The molecule has 1 aromatic rings. The van der Waals surface area contributed by atoms with Gasteiger partial charge < -0.3 is 14.2 Å². The molecule has 22 heavy (non-hydrogen) atoms. The van der Waals surface area contributed by atoms with Crippen LogP contribution in [-0.2, 0) is 30.6 Å². The maximum absolute atomic E-state index is 12.4. The molecule has 0 aromatic heterocycles. The average Bonchev–Trinajstić information content (AvgIpc) is 2.37. The lowest BCUT2D eigenvalue weighted by Gasteiger charge is -2.28. The highest BCUT2D eigenvalue weighted by Gasteiger charge is 2.29. The fourth-order valence-electron chi connectivity index (χ4n) is 2.36. The Balaban J connectivity index is 3.52. The smallest absolute Gasteiger partial charge is 0.334 e. The Morgan fingerprint density at radius 2 is 1.32 bits per heavy atom. The van der Waals surface area contributed by atoms with Gasteiger partial charge in [0.2, 0.25) is 0 Å². The number of rotatable bonds is 4. The van der Waals surface area contributed by atoms with Crippen molar-refractivity contribution in [3.05, 3.63) is 28.8 Å². The minimum atomic E-state index is -3.14. The molecule has 0 atom stereocenters. The summed E-state index contributed by atoms with van der Waals surface area (Å²) in [5.41, 5.74) is 2.09. The highest BCUT2D eigenvalue weighted by atomic mass is 31.2. The zero-order chi connectivity index (χ0) is 17.3. The Morgan fingerprint density at radius 3 is 1.59 bits per heavy atom. The van der Waals surface area contributed by atoms with Crippen molar-refractivity contribution in [2.24, 2.45) is 0 Å². The predicted octanol–water partition coefficient (Wildman–Crippen LogP) is 4.97. The van der Waals surface area contributed by atoms with Crippen molar-refractivity contribution >= 4 is 7.60 Å². The van der Waals surface area contributed by atoms with Crippen LogP contribution >= 0.6 is 7.60 Å². The van der Waals surface area contributed by atoms with Crippen LogP contribution in [0.2, 0.25) is 0 Å². The standard InChI is InChI=1S/C17H29O4P/c1-16(2,3)13-9-12(11-22(19,20-7)21-8)10-14(15(13)18)17(4,5)6/h9-10,18H,11H2,1-8H3. The van der Waals surface area contributed by atoms with E-state index in [2.05, 4.69) is 0 Å². The van der Waals surface area contributed by atoms with Gasteiger partial charge >= 0.3 is 7.60 Å². The third kappa shape index (κ3) is 4.34. The van der Waals surface area contributed by atoms with E-state index >= 15 is 0 Å². The molecule has 0 fully saturated rings. The SMILES string of the molecule is COP(=O)(Cc1cc(C(C)(C)C)c(O)c(C(C)(C)C)c1)OC. The van der Waals surface area contributed by atoms with E-state index in [1.54, 1.807) is 0 Å². The van der Waals surface area contributed by atoms with E-state index in [-0.39, 0.29) is 17.0 Å². The maximum Gasteiger partial charge on any atom is 0.334 e. The monoisotopic (exact) mass is 328 g/mol. The van der Waals surface area contributed by atoms with Gasteiger partial charge in [-0.3, -0.25) is 4.57 Å². The van der Waals surface area contributed by atoms with Crippen LogP contribution in [0, 0.1) is 0 Å². The lowest BCUT2D eigenvalue weighted by molar-refractivity contribution is 0.274. The summed E-state index contributed by atoms with van der Waals surface area (Å²) in [5, 5.41) is 10.7. The van der Waals surface area contributed by atoms with Crippen molar-refractivity contribution in [1.82, 2.24) is 0 Å². The number of benzene rings is 1. The second-order valence-corrected chi connectivity index (χ2v) is 9.94. The summed E-state index contributed by atoms with van der Waals surface area (Å²) in [6.45, 7) is 12.3. The summed E-state index contributed by atoms with van der Waals surface area (Å²) in [4.78, 5) is 0. The molecule has 0 aliphatic rings. The number of hydrogen-bond acceptors (Lipinski definition) is 4. The van der Waals surface area contributed by atoms with Crippen LogP contribution in [0.3, 0.4) is 0 Å². The highest BCUT2D eigenvalue weighted by Crippen LogP contribution is 2.51. The first-order valence-electron chi connectivity index (χ1n) is 7.41. The van der Waals surface area contributed by atoms with Gasteiger partial charge in [0.25, 0.3) is 0 Å². The molecule has 0 aliphatic heterocycles. The summed E-state index contributed by atoms with van der Waals surface area (Å²) >= 11 is 0. The Morgan fingerprint density at radius 1 is 0.955 bits per heavy atom. The van der Waals surface area contributed by atoms with E-state index in [4.69, 9.17) is 9.05 Å². The first kappa shape index (κ1) is 19.2. The van der Waals surface area contributed by atoms with Gasteiger partial charge in [-0.05, 0) is 27.5 Å². The summed E-state index contributed by atoms with van der Waals surface area (Å²) in [5.74, 6) is 0.313. The largest absolute Gasteiger partial charge is 0.507 e. The number of hydrogen-bond donors (Lipinski definition) is 1. The molecule has 1 rings (SSSR count). The molecule has 0 heterocycles. The molecule has 0 saturated carbocycles. The molecule has 0 radical (unpaired) electrons. The molecule has 1 aromatic carbocycles. The van der Waals surface area contributed by atoms with Crippen LogP contribution in [0.25, 0.3) is 0 Å². The summed E-state index contributed by atoms with van der Waals surface area (Å²) in [6, 6.07) is 3.80. The van der Waals surface area contributed by atoms with E-state index in [1.165, 1.54) is 14.2 Å². The molecular formula is C17H29O4P. The molecule has 126 valence electrons. The normalized spacial score (nSPS) is 13.5. The van der Waals surface area contributed by atoms with Crippen molar-refractivity contribution in [3.8, 4) is 5.75 Å².